The Kier molecular flexibility index (Phi) is 4.42. The Morgan fingerprint density at radius 3 is 2.17 bits per heavy atom. The zero-order valence-corrected chi connectivity index (χ0v) is 12.6. The van der Waals surface area contributed by atoms with Crippen LogP contribution in [0.2, 0.25) is 20.1 Å². The van der Waals surface area contributed by atoms with Crippen LogP contribution in [0, 0.1) is 11.3 Å². The quantitative estimate of drug-likeness (QED) is 0.615. The number of nitriles is 1. The normalized spacial score (nSPS) is 12.2. The number of hydrogen-bond acceptors (Lipinski definition) is 2. The Balaban J connectivity index is 2.67. The summed E-state index contributed by atoms with van der Waals surface area (Å²) >= 11 is 25.7. The van der Waals surface area contributed by atoms with E-state index >= 15 is 0 Å². The molecule has 0 saturated heterocycles. The molecule has 1 heterocycles. The summed E-state index contributed by atoms with van der Waals surface area (Å²) in [7, 11) is 0. The zero-order valence-electron chi connectivity index (χ0n) is 8.75. The average molecular weight is 337 g/mol. The van der Waals surface area contributed by atoms with Crippen molar-refractivity contribution in [1.82, 2.24) is 0 Å². The smallest absolute Gasteiger partial charge is 0.100 e. The molecule has 1 atom stereocenters. The lowest BCUT2D eigenvalue weighted by Gasteiger charge is -2.14. The van der Waals surface area contributed by atoms with Gasteiger partial charge in [-0.3, -0.25) is 0 Å². The van der Waals surface area contributed by atoms with E-state index in [1.807, 2.05) is 16.8 Å². The highest BCUT2D eigenvalue weighted by molar-refractivity contribution is 7.08. The molecule has 18 heavy (non-hydrogen) atoms. The first-order valence-corrected chi connectivity index (χ1v) is 7.26. The van der Waals surface area contributed by atoms with Gasteiger partial charge in [0.25, 0.3) is 0 Å². The summed E-state index contributed by atoms with van der Waals surface area (Å²) in [6.45, 7) is 0. The molecule has 1 nitrogen and oxygen atoms in total. The van der Waals surface area contributed by atoms with E-state index in [0.717, 1.165) is 5.56 Å². The van der Waals surface area contributed by atoms with Crippen molar-refractivity contribution in [3.63, 3.8) is 0 Å². The lowest BCUT2D eigenvalue weighted by molar-refractivity contribution is 1.05. The van der Waals surface area contributed by atoms with Crippen LogP contribution < -0.4 is 0 Å². The Morgan fingerprint density at radius 1 is 1.11 bits per heavy atom. The summed E-state index contributed by atoms with van der Waals surface area (Å²) in [6, 6.07) is 5.50. The minimum Gasteiger partial charge on any atom is -0.197 e. The van der Waals surface area contributed by atoms with Gasteiger partial charge >= 0.3 is 0 Å². The molecule has 0 aliphatic carbocycles. The number of halogens is 4. The molecule has 2 rings (SSSR count). The standard InChI is InChI=1S/C12H5Cl4NS/c13-8-3-9(14)12(16)10(11(8)15)7(4-17)6-1-2-18-5-6/h1-3,5,7H/t7-/m1/s1. The molecule has 2 aromatic rings. The topological polar surface area (TPSA) is 23.8 Å². The molecule has 0 fully saturated rings. The molecule has 92 valence electrons. The molecule has 1 aromatic carbocycles. The Hall–Kier alpha value is -0.430. The number of hydrogen-bond donors (Lipinski definition) is 0. The van der Waals surface area contributed by atoms with Crippen LogP contribution in [-0.4, -0.2) is 0 Å². The number of thiophene rings is 1. The molecular weight excluding hydrogens is 332 g/mol. The summed E-state index contributed by atoms with van der Waals surface area (Å²) < 4.78 is 0. The fourth-order valence-electron chi connectivity index (χ4n) is 1.59. The molecule has 0 bridgehead atoms. The molecule has 1 aromatic heterocycles. The predicted octanol–water partition coefficient (Wildman–Crippen LogP) is 6.02. The van der Waals surface area contributed by atoms with E-state index in [2.05, 4.69) is 6.07 Å². The highest BCUT2D eigenvalue weighted by Crippen LogP contribution is 2.43. The van der Waals surface area contributed by atoms with E-state index in [4.69, 9.17) is 46.4 Å². The van der Waals surface area contributed by atoms with Gasteiger partial charge in [0.05, 0.1) is 26.2 Å². The fraction of sp³-hybridized carbons (Fsp3) is 0.0833. The molecule has 0 N–H and O–H groups in total. The van der Waals surface area contributed by atoms with E-state index < -0.39 is 5.92 Å². The van der Waals surface area contributed by atoms with Crippen molar-refractivity contribution in [2.75, 3.05) is 0 Å². The summed E-state index contributed by atoms with van der Waals surface area (Å²) in [5.74, 6) is -0.576. The largest absolute Gasteiger partial charge is 0.197 e. The van der Waals surface area contributed by atoms with Crippen molar-refractivity contribution in [3.8, 4) is 6.07 Å². The van der Waals surface area contributed by atoms with Crippen LogP contribution in [0.3, 0.4) is 0 Å². The third-order valence-corrected chi connectivity index (χ3v) is 4.75. The van der Waals surface area contributed by atoms with Crippen LogP contribution in [0.5, 0.6) is 0 Å². The highest BCUT2D eigenvalue weighted by Gasteiger charge is 2.23. The van der Waals surface area contributed by atoms with Gasteiger partial charge in [-0.2, -0.15) is 16.6 Å². The molecule has 6 heteroatoms. The highest BCUT2D eigenvalue weighted by atomic mass is 35.5. The molecule has 0 aliphatic rings. The summed E-state index contributed by atoms with van der Waals surface area (Å²) in [5, 5.41) is 14.2. The van der Waals surface area contributed by atoms with Crippen molar-refractivity contribution in [1.29, 1.82) is 5.26 Å². The third-order valence-electron chi connectivity index (χ3n) is 2.44. The molecule has 0 aliphatic heterocycles. The van der Waals surface area contributed by atoms with Crippen LogP contribution in [-0.2, 0) is 0 Å². The van der Waals surface area contributed by atoms with Crippen LogP contribution >= 0.6 is 57.7 Å². The van der Waals surface area contributed by atoms with Crippen molar-refractivity contribution >= 4 is 57.7 Å². The molecule has 0 unspecified atom stereocenters. The van der Waals surface area contributed by atoms with Gasteiger partial charge < -0.3 is 0 Å². The van der Waals surface area contributed by atoms with E-state index in [-0.39, 0.29) is 20.1 Å². The van der Waals surface area contributed by atoms with Gasteiger partial charge in [-0.05, 0) is 28.5 Å². The summed E-state index contributed by atoms with van der Waals surface area (Å²) in [4.78, 5) is 0. The van der Waals surface area contributed by atoms with Gasteiger partial charge in [0.2, 0.25) is 0 Å². The van der Waals surface area contributed by atoms with Gasteiger partial charge in [-0.15, -0.1) is 0 Å². The second-order valence-electron chi connectivity index (χ2n) is 3.50. The van der Waals surface area contributed by atoms with Crippen molar-refractivity contribution < 1.29 is 0 Å². The van der Waals surface area contributed by atoms with Gasteiger partial charge in [-0.1, -0.05) is 46.4 Å². The Bertz CT molecular complexity index is 590. The first kappa shape index (κ1) is 14.0. The van der Waals surface area contributed by atoms with Gasteiger partial charge in [0.1, 0.15) is 5.92 Å². The SMILES string of the molecule is N#C[C@H](c1ccsc1)c1c(Cl)c(Cl)cc(Cl)c1Cl. The summed E-state index contributed by atoms with van der Waals surface area (Å²) in [5.41, 5.74) is 1.28. The van der Waals surface area contributed by atoms with E-state index in [0.29, 0.717) is 5.56 Å². The lowest BCUT2D eigenvalue weighted by Crippen LogP contribution is -2.00. The first-order chi connectivity index (χ1) is 8.56. The number of benzene rings is 1. The Labute approximate surface area is 128 Å². The van der Waals surface area contributed by atoms with Gasteiger partial charge in [0, 0.05) is 5.56 Å². The maximum absolute atomic E-state index is 9.33. The molecule has 0 amide bonds. The van der Waals surface area contributed by atoms with Crippen LogP contribution in [0.4, 0.5) is 0 Å². The average Bonchev–Trinajstić information content (AvgIpc) is 2.85. The van der Waals surface area contributed by atoms with Crippen molar-refractivity contribution in [2.24, 2.45) is 0 Å². The second kappa shape index (κ2) is 5.69. The minimum atomic E-state index is -0.576. The van der Waals surface area contributed by atoms with Gasteiger partial charge in [-0.25, -0.2) is 0 Å². The number of rotatable bonds is 2. The molecular formula is C12H5Cl4NS. The summed E-state index contributed by atoms with van der Waals surface area (Å²) in [6.07, 6.45) is 0. The maximum atomic E-state index is 9.33. The van der Waals surface area contributed by atoms with Crippen LogP contribution in [0.1, 0.15) is 17.0 Å². The van der Waals surface area contributed by atoms with Crippen molar-refractivity contribution in [2.45, 2.75) is 5.92 Å². The molecule has 0 radical (unpaired) electrons. The van der Waals surface area contributed by atoms with E-state index in [1.165, 1.54) is 17.4 Å². The monoisotopic (exact) mass is 335 g/mol. The van der Waals surface area contributed by atoms with Crippen LogP contribution in [0.15, 0.2) is 22.9 Å². The first-order valence-electron chi connectivity index (χ1n) is 4.80. The molecule has 0 saturated carbocycles. The molecule has 0 spiro atoms. The number of nitrogens with zero attached hydrogens (tertiary/aromatic N) is 1. The maximum Gasteiger partial charge on any atom is 0.100 e. The van der Waals surface area contributed by atoms with E-state index in [1.54, 1.807) is 0 Å². The van der Waals surface area contributed by atoms with Crippen molar-refractivity contribution in [3.05, 3.63) is 54.1 Å². The zero-order chi connectivity index (χ0) is 13.3. The fourth-order valence-corrected chi connectivity index (χ4v) is 3.32. The third kappa shape index (κ3) is 2.47. The van der Waals surface area contributed by atoms with Gasteiger partial charge in [0.15, 0.2) is 0 Å². The van der Waals surface area contributed by atoms with E-state index in [9.17, 15) is 5.26 Å². The Morgan fingerprint density at radius 2 is 1.72 bits per heavy atom. The predicted molar refractivity (Wildman–Crippen MR) is 78.3 cm³/mol. The lowest BCUT2D eigenvalue weighted by atomic mass is 9.94. The second-order valence-corrected chi connectivity index (χ2v) is 5.85. The van der Waals surface area contributed by atoms with Crippen LogP contribution in [0.25, 0.3) is 0 Å². The minimum absolute atomic E-state index is 0.267.